The molecule has 5 heteroatoms. The summed E-state index contributed by atoms with van der Waals surface area (Å²) in [7, 11) is 1.64. The van der Waals surface area contributed by atoms with E-state index in [9.17, 15) is 0 Å². The summed E-state index contributed by atoms with van der Waals surface area (Å²) in [6, 6.07) is 7.79. The number of nitrogens with one attached hydrogen (secondary N) is 1. The lowest BCUT2D eigenvalue weighted by molar-refractivity contribution is 0.415. The summed E-state index contributed by atoms with van der Waals surface area (Å²) < 4.78 is 5.22. The summed E-state index contributed by atoms with van der Waals surface area (Å²) >= 11 is 6.77. The molecule has 0 saturated carbocycles. The highest BCUT2D eigenvalue weighted by Gasteiger charge is 2.06. The zero-order valence-corrected chi connectivity index (χ0v) is 12.3. The molecule has 1 heterocycles. The van der Waals surface area contributed by atoms with Crippen LogP contribution in [0.3, 0.4) is 0 Å². The third kappa shape index (κ3) is 3.68. The lowest BCUT2D eigenvalue weighted by atomic mass is 10.1. The third-order valence-corrected chi connectivity index (χ3v) is 3.75. The van der Waals surface area contributed by atoms with Crippen LogP contribution in [0.15, 0.2) is 35.0 Å². The van der Waals surface area contributed by atoms with E-state index in [1.807, 2.05) is 18.2 Å². The van der Waals surface area contributed by atoms with Crippen LogP contribution in [0.1, 0.15) is 11.1 Å². The van der Waals surface area contributed by atoms with E-state index in [-0.39, 0.29) is 0 Å². The van der Waals surface area contributed by atoms with Gasteiger partial charge in [-0.05, 0) is 40.9 Å². The molecule has 0 saturated heterocycles. The number of benzene rings is 1. The van der Waals surface area contributed by atoms with Gasteiger partial charge in [0.2, 0.25) is 0 Å². The van der Waals surface area contributed by atoms with E-state index in [4.69, 9.17) is 22.7 Å². The summed E-state index contributed by atoms with van der Waals surface area (Å²) in [4.78, 5) is 0.390. The van der Waals surface area contributed by atoms with Crippen molar-refractivity contribution in [1.82, 2.24) is 0 Å². The van der Waals surface area contributed by atoms with Crippen molar-refractivity contribution in [3.05, 3.63) is 46.2 Å². The lowest BCUT2D eigenvalue weighted by Crippen LogP contribution is -2.14. The molecule has 100 valence electrons. The van der Waals surface area contributed by atoms with Crippen molar-refractivity contribution in [3.8, 4) is 5.75 Å². The predicted octanol–water partition coefficient (Wildman–Crippen LogP) is 3.05. The molecule has 0 aliphatic rings. The summed E-state index contributed by atoms with van der Waals surface area (Å²) in [5.41, 5.74) is 8.82. The minimum absolute atomic E-state index is 0.390. The molecule has 0 amide bonds. The van der Waals surface area contributed by atoms with Gasteiger partial charge >= 0.3 is 0 Å². The number of thiocarbonyl (C=S) groups is 1. The van der Waals surface area contributed by atoms with Crippen molar-refractivity contribution in [2.45, 2.75) is 6.42 Å². The number of hydrogen-bond acceptors (Lipinski definition) is 4. The summed E-state index contributed by atoms with van der Waals surface area (Å²) in [5.74, 6) is 0.790. The number of methoxy groups -OCH3 is 1. The Balaban J connectivity index is 2.06. The first kappa shape index (κ1) is 13.8. The standard InChI is InChI=1S/C14H16N2OS2/c1-17-11-2-3-12(14(15)18)13(8-11)16-6-4-10-5-7-19-9-10/h2-3,5,7-9,16H,4,6H2,1H3,(H2,15,18). The maximum atomic E-state index is 5.72. The summed E-state index contributed by atoms with van der Waals surface area (Å²) in [6.45, 7) is 0.833. The largest absolute Gasteiger partial charge is 0.497 e. The fraction of sp³-hybridized carbons (Fsp3) is 0.214. The maximum Gasteiger partial charge on any atom is 0.120 e. The van der Waals surface area contributed by atoms with Crippen molar-refractivity contribution in [3.63, 3.8) is 0 Å². The van der Waals surface area contributed by atoms with E-state index in [2.05, 4.69) is 22.1 Å². The van der Waals surface area contributed by atoms with Crippen molar-refractivity contribution in [2.24, 2.45) is 5.73 Å². The molecule has 3 N–H and O–H groups in total. The van der Waals surface area contributed by atoms with E-state index in [0.29, 0.717) is 4.99 Å². The highest BCUT2D eigenvalue weighted by atomic mass is 32.1. The van der Waals surface area contributed by atoms with Gasteiger partial charge in [-0.2, -0.15) is 11.3 Å². The maximum absolute atomic E-state index is 5.72. The average molecular weight is 292 g/mol. The second-order valence-corrected chi connectivity index (χ2v) is 5.30. The second kappa shape index (κ2) is 6.54. The van der Waals surface area contributed by atoms with E-state index in [1.165, 1.54) is 5.56 Å². The van der Waals surface area contributed by atoms with Crippen LogP contribution in [-0.4, -0.2) is 18.6 Å². The Hall–Kier alpha value is -1.59. The molecule has 0 radical (unpaired) electrons. The van der Waals surface area contributed by atoms with Crippen LogP contribution in [0.25, 0.3) is 0 Å². The molecular formula is C14H16N2OS2. The minimum Gasteiger partial charge on any atom is -0.497 e. The van der Waals surface area contributed by atoms with E-state index < -0.39 is 0 Å². The highest BCUT2D eigenvalue weighted by Crippen LogP contribution is 2.22. The number of thiophene rings is 1. The van der Waals surface area contributed by atoms with Gasteiger partial charge in [0.25, 0.3) is 0 Å². The van der Waals surface area contributed by atoms with E-state index >= 15 is 0 Å². The molecule has 1 aromatic heterocycles. The Morgan fingerprint density at radius 1 is 1.42 bits per heavy atom. The second-order valence-electron chi connectivity index (χ2n) is 4.08. The molecule has 2 aromatic rings. The normalized spacial score (nSPS) is 10.2. The zero-order chi connectivity index (χ0) is 13.7. The first-order valence-corrected chi connectivity index (χ1v) is 7.28. The Morgan fingerprint density at radius 3 is 2.89 bits per heavy atom. The van der Waals surface area contributed by atoms with Gasteiger partial charge in [0.1, 0.15) is 10.7 Å². The van der Waals surface area contributed by atoms with Crippen LogP contribution in [-0.2, 0) is 6.42 Å². The monoisotopic (exact) mass is 292 g/mol. The first-order chi connectivity index (χ1) is 9.20. The molecule has 2 rings (SSSR count). The number of nitrogens with two attached hydrogens (primary N) is 1. The fourth-order valence-corrected chi connectivity index (χ4v) is 2.67. The first-order valence-electron chi connectivity index (χ1n) is 5.93. The van der Waals surface area contributed by atoms with Gasteiger partial charge in [-0.15, -0.1) is 0 Å². The minimum atomic E-state index is 0.390. The molecule has 0 bridgehead atoms. The molecule has 3 nitrogen and oxygen atoms in total. The van der Waals surface area contributed by atoms with Crippen LogP contribution in [0.4, 0.5) is 5.69 Å². The van der Waals surface area contributed by atoms with Gasteiger partial charge in [-0.1, -0.05) is 12.2 Å². The molecule has 0 atom stereocenters. The van der Waals surface area contributed by atoms with Crippen LogP contribution in [0.5, 0.6) is 5.75 Å². The topological polar surface area (TPSA) is 47.3 Å². The molecule has 0 fully saturated rings. The van der Waals surface area contributed by atoms with Crippen LogP contribution in [0.2, 0.25) is 0 Å². The molecule has 0 aliphatic carbocycles. The lowest BCUT2D eigenvalue weighted by Gasteiger charge is -2.12. The SMILES string of the molecule is COc1ccc(C(N)=S)c(NCCc2ccsc2)c1. The highest BCUT2D eigenvalue weighted by molar-refractivity contribution is 7.80. The van der Waals surface area contributed by atoms with E-state index in [1.54, 1.807) is 18.4 Å². The fourth-order valence-electron chi connectivity index (χ4n) is 1.79. The smallest absolute Gasteiger partial charge is 0.120 e. The number of rotatable bonds is 6. The van der Waals surface area contributed by atoms with Crippen molar-refractivity contribution in [1.29, 1.82) is 0 Å². The Labute approximate surface area is 122 Å². The number of anilines is 1. The van der Waals surface area contributed by atoms with Gasteiger partial charge in [-0.3, -0.25) is 0 Å². The van der Waals surface area contributed by atoms with Crippen molar-refractivity contribution < 1.29 is 4.74 Å². The Bertz CT molecular complexity index is 553. The molecule has 19 heavy (non-hydrogen) atoms. The average Bonchev–Trinajstić information content (AvgIpc) is 2.91. The number of hydrogen-bond donors (Lipinski definition) is 2. The Kier molecular flexibility index (Phi) is 4.76. The molecule has 1 aromatic carbocycles. The zero-order valence-electron chi connectivity index (χ0n) is 10.7. The Morgan fingerprint density at radius 2 is 2.26 bits per heavy atom. The van der Waals surface area contributed by atoms with Crippen LogP contribution < -0.4 is 15.8 Å². The van der Waals surface area contributed by atoms with Crippen molar-refractivity contribution >= 4 is 34.2 Å². The van der Waals surface area contributed by atoms with Gasteiger partial charge in [0, 0.05) is 23.9 Å². The summed E-state index contributed by atoms with van der Waals surface area (Å²) in [6.07, 6.45) is 0.970. The predicted molar refractivity (Wildman–Crippen MR) is 85.4 cm³/mol. The molecular weight excluding hydrogens is 276 g/mol. The van der Waals surface area contributed by atoms with Gasteiger partial charge in [-0.25, -0.2) is 0 Å². The van der Waals surface area contributed by atoms with Gasteiger partial charge < -0.3 is 15.8 Å². The van der Waals surface area contributed by atoms with E-state index in [0.717, 1.165) is 30.0 Å². The van der Waals surface area contributed by atoms with Gasteiger partial charge in [0.15, 0.2) is 0 Å². The van der Waals surface area contributed by atoms with Crippen LogP contribution >= 0.6 is 23.6 Å². The van der Waals surface area contributed by atoms with Crippen LogP contribution in [0, 0.1) is 0 Å². The van der Waals surface area contributed by atoms with Gasteiger partial charge in [0.05, 0.1) is 7.11 Å². The third-order valence-electron chi connectivity index (χ3n) is 2.80. The number of ether oxygens (including phenoxy) is 1. The quantitative estimate of drug-likeness (QED) is 0.803. The molecule has 0 unspecified atom stereocenters. The molecule has 0 spiro atoms. The van der Waals surface area contributed by atoms with Crippen molar-refractivity contribution in [2.75, 3.05) is 19.0 Å². The summed E-state index contributed by atoms with van der Waals surface area (Å²) in [5, 5.41) is 7.60. The molecule has 0 aliphatic heterocycles.